The molecular formula is C13H20F2N4O. The number of nitrogens with zero attached hydrogens (tertiary/aromatic N) is 3. The van der Waals surface area contributed by atoms with Crippen LogP contribution in [0.5, 0.6) is 0 Å². The zero-order valence-corrected chi connectivity index (χ0v) is 11.6. The quantitative estimate of drug-likeness (QED) is 0.922. The number of carbonyl (C=O) groups excluding carboxylic acids is 1. The molecule has 2 N–H and O–H groups in total. The molecular weight excluding hydrogens is 266 g/mol. The predicted octanol–water partition coefficient (Wildman–Crippen LogP) is 2.14. The third-order valence-corrected chi connectivity index (χ3v) is 3.68. The fraction of sp³-hybridized carbons (Fsp3) is 0.692. The van der Waals surface area contributed by atoms with E-state index in [0.717, 1.165) is 30.4 Å². The van der Waals surface area contributed by atoms with Gasteiger partial charge in [-0.15, -0.1) is 0 Å². The van der Waals surface area contributed by atoms with Crippen LogP contribution in [0, 0.1) is 0 Å². The number of piperidine rings is 1. The van der Waals surface area contributed by atoms with E-state index in [-0.39, 0.29) is 23.3 Å². The Morgan fingerprint density at radius 1 is 1.55 bits per heavy atom. The van der Waals surface area contributed by atoms with Gasteiger partial charge >= 0.3 is 0 Å². The van der Waals surface area contributed by atoms with E-state index < -0.39 is 13.0 Å². The minimum Gasteiger partial charge on any atom is -0.396 e. The van der Waals surface area contributed by atoms with Crippen molar-refractivity contribution >= 4 is 11.6 Å². The first kappa shape index (κ1) is 14.7. The van der Waals surface area contributed by atoms with Crippen molar-refractivity contribution in [3.8, 4) is 0 Å². The summed E-state index contributed by atoms with van der Waals surface area (Å²) in [6.45, 7) is 2.17. The predicted molar refractivity (Wildman–Crippen MR) is 71.6 cm³/mol. The molecule has 2 heterocycles. The second kappa shape index (κ2) is 6.19. The maximum Gasteiger partial charge on any atom is 0.276 e. The molecule has 0 aromatic carbocycles. The van der Waals surface area contributed by atoms with Gasteiger partial charge in [-0.25, -0.2) is 8.78 Å². The minimum absolute atomic E-state index is 0.0889. The highest BCUT2D eigenvalue weighted by atomic mass is 19.3. The van der Waals surface area contributed by atoms with Crippen LogP contribution in [0.1, 0.15) is 43.1 Å². The van der Waals surface area contributed by atoms with E-state index in [9.17, 15) is 13.6 Å². The number of anilines is 1. The Morgan fingerprint density at radius 3 is 2.95 bits per heavy atom. The number of aromatic nitrogens is 2. The molecule has 1 unspecified atom stereocenters. The smallest absolute Gasteiger partial charge is 0.276 e. The summed E-state index contributed by atoms with van der Waals surface area (Å²) in [5, 5.41) is 3.91. The average Bonchev–Trinajstić information content (AvgIpc) is 2.77. The number of nitrogen functional groups attached to an aromatic ring is 1. The van der Waals surface area contributed by atoms with E-state index >= 15 is 0 Å². The average molecular weight is 286 g/mol. The molecule has 1 amide bonds. The third kappa shape index (κ3) is 3.08. The van der Waals surface area contributed by atoms with Crippen LogP contribution in [0.2, 0.25) is 0 Å². The monoisotopic (exact) mass is 286 g/mol. The van der Waals surface area contributed by atoms with Gasteiger partial charge in [0.1, 0.15) is 6.54 Å². The molecule has 7 heteroatoms. The number of hydrogen-bond donors (Lipinski definition) is 1. The molecule has 0 spiro atoms. The minimum atomic E-state index is -2.52. The Morgan fingerprint density at radius 2 is 2.30 bits per heavy atom. The van der Waals surface area contributed by atoms with Crippen molar-refractivity contribution in [1.82, 2.24) is 14.7 Å². The largest absolute Gasteiger partial charge is 0.396 e. The number of amides is 1. The Balaban J connectivity index is 2.17. The first-order valence-electron chi connectivity index (χ1n) is 6.95. The summed E-state index contributed by atoms with van der Waals surface area (Å²) in [6.07, 6.45) is 2.70. The number of carbonyl (C=O) groups is 1. The summed E-state index contributed by atoms with van der Waals surface area (Å²) in [7, 11) is 0. The zero-order valence-electron chi connectivity index (χ0n) is 11.6. The van der Waals surface area contributed by atoms with Gasteiger partial charge in [0, 0.05) is 18.8 Å². The first-order valence-corrected chi connectivity index (χ1v) is 6.95. The SMILES string of the molecule is CCC1CCCCN1C(=O)c1nn(CC(F)F)cc1N. The van der Waals surface area contributed by atoms with Crippen molar-refractivity contribution in [1.29, 1.82) is 0 Å². The summed E-state index contributed by atoms with van der Waals surface area (Å²) < 4.78 is 25.7. The van der Waals surface area contributed by atoms with E-state index in [1.165, 1.54) is 6.20 Å². The molecule has 5 nitrogen and oxygen atoms in total. The van der Waals surface area contributed by atoms with Crippen LogP contribution in [0.3, 0.4) is 0 Å². The van der Waals surface area contributed by atoms with Gasteiger partial charge in [0.15, 0.2) is 5.69 Å². The number of alkyl halides is 2. The standard InChI is InChI=1S/C13H20F2N4O/c1-2-9-5-3-4-6-19(9)13(20)12-10(16)7-18(17-12)8-11(14)15/h7,9,11H,2-6,8,16H2,1H3. The fourth-order valence-corrected chi connectivity index (χ4v) is 2.67. The highest BCUT2D eigenvalue weighted by Crippen LogP contribution is 2.23. The molecule has 1 aliphatic rings. The fourth-order valence-electron chi connectivity index (χ4n) is 2.67. The Labute approximate surface area is 116 Å². The molecule has 1 atom stereocenters. The van der Waals surface area contributed by atoms with Crippen LogP contribution in [0.25, 0.3) is 0 Å². The highest BCUT2D eigenvalue weighted by Gasteiger charge is 2.29. The number of hydrogen-bond acceptors (Lipinski definition) is 3. The van der Waals surface area contributed by atoms with Crippen LogP contribution >= 0.6 is 0 Å². The first-order chi connectivity index (χ1) is 9.52. The number of nitrogens with two attached hydrogens (primary N) is 1. The Kier molecular flexibility index (Phi) is 4.57. The maximum absolute atomic E-state index is 12.5. The molecule has 0 aliphatic carbocycles. The van der Waals surface area contributed by atoms with Gasteiger partial charge in [-0.3, -0.25) is 9.48 Å². The van der Waals surface area contributed by atoms with Crippen LogP contribution in [0.15, 0.2) is 6.20 Å². The lowest BCUT2D eigenvalue weighted by molar-refractivity contribution is 0.0599. The lowest BCUT2D eigenvalue weighted by Crippen LogP contribution is -2.43. The van der Waals surface area contributed by atoms with Gasteiger partial charge in [-0.05, 0) is 25.7 Å². The molecule has 20 heavy (non-hydrogen) atoms. The zero-order chi connectivity index (χ0) is 14.7. The van der Waals surface area contributed by atoms with Crippen molar-refractivity contribution in [2.45, 2.75) is 51.6 Å². The normalized spacial score (nSPS) is 19.6. The van der Waals surface area contributed by atoms with Crippen molar-refractivity contribution in [3.63, 3.8) is 0 Å². The summed E-state index contributed by atoms with van der Waals surface area (Å²) in [5.41, 5.74) is 5.99. The molecule has 0 radical (unpaired) electrons. The molecule has 112 valence electrons. The molecule has 1 aliphatic heterocycles. The van der Waals surface area contributed by atoms with Gasteiger partial charge in [0.05, 0.1) is 5.69 Å². The summed E-state index contributed by atoms with van der Waals surface area (Å²) in [4.78, 5) is 14.2. The molecule has 1 aromatic rings. The van der Waals surface area contributed by atoms with E-state index in [0.29, 0.717) is 6.54 Å². The summed E-state index contributed by atoms with van der Waals surface area (Å²) in [6, 6.07) is 0.191. The molecule has 2 rings (SSSR count). The van der Waals surface area contributed by atoms with Crippen LogP contribution < -0.4 is 5.73 Å². The maximum atomic E-state index is 12.5. The van der Waals surface area contributed by atoms with E-state index in [1.807, 2.05) is 6.92 Å². The van der Waals surface area contributed by atoms with E-state index in [1.54, 1.807) is 4.90 Å². The highest BCUT2D eigenvalue weighted by molar-refractivity contribution is 5.97. The van der Waals surface area contributed by atoms with Gasteiger partial charge in [-0.1, -0.05) is 6.92 Å². The number of likely N-dealkylation sites (tertiary alicyclic amines) is 1. The van der Waals surface area contributed by atoms with Gasteiger partial charge in [-0.2, -0.15) is 5.10 Å². The van der Waals surface area contributed by atoms with Crippen molar-refractivity contribution < 1.29 is 13.6 Å². The number of rotatable bonds is 4. The van der Waals surface area contributed by atoms with E-state index in [2.05, 4.69) is 5.10 Å². The van der Waals surface area contributed by atoms with Crippen molar-refractivity contribution in [3.05, 3.63) is 11.9 Å². The van der Waals surface area contributed by atoms with Gasteiger partial charge in [0.25, 0.3) is 12.3 Å². The van der Waals surface area contributed by atoms with Crippen molar-refractivity contribution in [2.24, 2.45) is 0 Å². The van der Waals surface area contributed by atoms with Crippen molar-refractivity contribution in [2.75, 3.05) is 12.3 Å². The lowest BCUT2D eigenvalue weighted by atomic mass is 9.99. The Hall–Kier alpha value is -1.66. The second-order valence-corrected chi connectivity index (χ2v) is 5.10. The molecule has 1 aromatic heterocycles. The van der Waals surface area contributed by atoms with Crippen LogP contribution in [-0.2, 0) is 6.54 Å². The lowest BCUT2D eigenvalue weighted by Gasteiger charge is -2.34. The third-order valence-electron chi connectivity index (χ3n) is 3.68. The van der Waals surface area contributed by atoms with Gasteiger partial charge < -0.3 is 10.6 Å². The number of halogens is 2. The molecule has 1 saturated heterocycles. The summed E-state index contributed by atoms with van der Waals surface area (Å²) >= 11 is 0. The molecule has 1 fully saturated rings. The summed E-state index contributed by atoms with van der Waals surface area (Å²) in [5.74, 6) is -0.248. The van der Waals surface area contributed by atoms with Crippen LogP contribution in [-0.4, -0.2) is 39.6 Å². The Bertz CT molecular complexity index is 475. The van der Waals surface area contributed by atoms with Crippen LogP contribution in [0.4, 0.5) is 14.5 Å². The van der Waals surface area contributed by atoms with E-state index in [4.69, 9.17) is 5.73 Å². The topological polar surface area (TPSA) is 64.2 Å². The molecule has 0 bridgehead atoms. The second-order valence-electron chi connectivity index (χ2n) is 5.10. The van der Waals surface area contributed by atoms with Gasteiger partial charge in [0.2, 0.25) is 0 Å². The molecule has 0 saturated carbocycles.